The molecule has 0 amide bonds. The van der Waals surface area contributed by atoms with Crippen LogP contribution < -0.4 is 0 Å². The number of para-hydroxylation sites is 2. The van der Waals surface area contributed by atoms with Crippen LogP contribution in [-0.2, 0) is 26.2 Å². The second-order valence-electron chi connectivity index (χ2n) is 14.1. The maximum Gasteiger partial charge on any atom is 0.313 e. The third kappa shape index (κ3) is 6.54. The zero-order chi connectivity index (χ0) is 32.3. The lowest BCUT2D eigenvalue weighted by Gasteiger charge is -2.50. The second-order valence-corrected chi connectivity index (χ2v) is 14.1. The van der Waals surface area contributed by atoms with Crippen LogP contribution in [-0.4, -0.2) is 33.1 Å². The number of carbonyl (C=O) groups is 2. The average molecular weight is 619 g/mol. The number of hydrogen-bond acceptors (Lipinski definition) is 4. The normalized spacial score (nSPS) is 21.0. The fourth-order valence-corrected chi connectivity index (χ4v) is 8.15. The van der Waals surface area contributed by atoms with Crippen LogP contribution in [0.4, 0.5) is 0 Å². The van der Waals surface area contributed by atoms with Crippen molar-refractivity contribution in [3.05, 3.63) is 108 Å². The van der Waals surface area contributed by atoms with Gasteiger partial charge in [-0.15, -0.1) is 0 Å². The second kappa shape index (κ2) is 13.3. The van der Waals surface area contributed by atoms with E-state index in [9.17, 15) is 14.7 Å². The summed E-state index contributed by atoms with van der Waals surface area (Å²) in [6, 6.07) is 26.8. The Kier molecular flexibility index (Phi) is 9.19. The molecule has 46 heavy (non-hydrogen) atoms. The topological polar surface area (TPSA) is 95.2 Å². The van der Waals surface area contributed by atoms with Crippen LogP contribution in [0.15, 0.2) is 91.3 Å². The lowest BCUT2D eigenvalue weighted by atomic mass is 9.56. The molecule has 0 aliphatic heterocycles. The molecule has 1 fully saturated rings. The summed E-state index contributed by atoms with van der Waals surface area (Å²) in [6.45, 7) is 6.74. The monoisotopic (exact) mass is 618 g/mol. The quantitative estimate of drug-likeness (QED) is 0.102. The van der Waals surface area contributed by atoms with Crippen molar-refractivity contribution in [3.63, 3.8) is 0 Å². The van der Waals surface area contributed by atoms with Crippen molar-refractivity contribution in [2.45, 2.75) is 89.6 Å². The molecule has 2 heterocycles. The molecule has 5 aromatic rings. The van der Waals surface area contributed by atoms with Crippen LogP contribution in [0.1, 0.15) is 88.3 Å². The highest BCUT2D eigenvalue weighted by molar-refractivity contribution is 5.86. The number of benzene rings is 3. The number of aromatic nitrogens is 2. The number of fused-ring (bicyclic) bond motifs is 2. The number of ether oxygens (including phenoxy) is 1. The molecule has 1 aliphatic carbocycles. The van der Waals surface area contributed by atoms with Gasteiger partial charge in [0.25, 0.3) is 0 Å². The molecule has 1 saturated carbocycles. The number of H-pyrrole nitrogens is 2. The standard InChI is InChI=1S/C40H46N2O4/c1-39(2,28-13-5-4-6-14-28)33-22-23-40(3,24-36(33)43)32(31-26-42-35-18-10-8-16-30(31)35)20-21-38(45)46-37(44)19-11-12-27-25-41-34-17-9-7-15-29(27)34/h4-10,13-18,25-26,32-33,36,41-43H,11-12,19-24H2,1-3H3/t32?,33-,36-,40-/m1/s1. The first-order valence-electron chi connectivity index (χ1n) is 16.7. The smallest absolute Gasteiger partial charge is 0.313 e. The Balaban J connectivity index is 1.12. The molecule has 4 atom stereocenters. The maximum absolute atomic E-state index is 13.0. The number of hydrogen-bond donors (Lipinski definition) is 3. The first-order chi connectivity index (χ1) is 22.2. The number of nitrogens with one attached hydrogen (secondary N) is 2. The van der Waals surface area contributed by atoms with Crippen LogP contribution in [0.2, 0.25) is 0 Å². The first-order valence-corrected chi connectivity index (χ1v) is 16.7. The fourth-order valence-electron chi connectivity index (χ4n) is 8.15. The van der Waals surface area contributed by atoms with E-state index >= 15 is 0 Å². The lowest BCUT2D eigenvalue weighted by Crippen LogP contribution is -2.46. The number of aryl methyl sites for hydroxylation is 1. The van der Waals surface area contributed by atoms with E-state index < -0.39 is 18.0 Å². The van der Waals surface area contributed by atoms with E-state index in [1.807, 2.05) is 42.6 Å². The third-order valence-electron chi connectivity index (χ3n) is 10.8. The van der Waals surface area contributed by atoms with E-state index in [0.29, 0.717) is 19.3 Å². The Morgan fingerprint density at radius 3 is 2.26 bits per heavy atom. The van der Waals surface area contributed by atoms with Crippen LogP contribution in [0.3, 0.4) is 0 Å². The number of esters is 2. The fraction of sp³-hybridized carbons (Fsp3) is 0.400. The molecule has 0 radical (unpaired) electrons. The predicted molar refractivity (Wildman–Crippen MR) is 184 cm³/mol. The third-order valence-corrected chi connectivity index (χ3v) is 10.8. The molecule has 6 heteroatoms. The van der Waals surface area contributed by atoms with Gasteiger partial charge >= 0.3 is 11.9 Å². The molecule has 1 unspecified atom stereocenters. The van der Waals surface area contributed by atoms with E-state index in [0.717, 1.165) is 52.2 Å². The van der Waals surface area contributed by atoms with Gasteiger partial charge in [0.15, 0.2) is 0 Å². The summed E-state index contributed by atoms with van der Waals surface area (Å²) in [5, 5.41) is 14.0. The van der Waals surface area contributed by atoms with E-state index in [4.69, 9.17) is 4.74 Å². The van der Waals surface area contributed by atoms with Gasteiger partial charge in [0.1, 0.15) is 0 Å². The minimum absolute atomic E-state index is 0.00334. The highest BCUT2D eigenvalue weighted by atomic mass is 16.6. The predicted octanol–water partition coefficient (Wildman–Crippen LogP) is 8.75. The van der Waals surface area contributed by atoms with Gasteiger partial charge in [0.05, 0.1) is 6.10 Å². The molecule has 6 rings (SSSR count). The highest BCUT2D eigenvalue weighted by Crippen LogP contribution is 2.54. The van der Waals surface area contributed by atoms with Crippen molar-refractivity contribution in [3.8, 4) is 0 Å². The maximum atomic E-state index is 13.0. The van der Waals surface area contributed by atoms with Crippen LogP contribution in [0.5, 0.6) is 0 Å². The minimum atomic E-state index is -0.481. The minimum Gasteiger partial charge on any atom is -0.393 e. The van der Waals surface area contributed by atoms with Crippen molar-refractivity contribution in [2.75, 3.05) is 0 Å². The molecule has 1 aliphatic rings. The number of aliphatic hydroxyl groups excluding tert-OH is 1. The van der Waals surface area contributed by atoms with Crippen molar-refractivity contribution < 1.29 is 19.4 Å². The summed E-state index contributed by atoms with van der Waals surface area (Å²) in [7, 11) is 0. The summed E-state index contributed by atoms with van der Waals surface area (Å²) in [6.07, 6.45) is 8.25. The Labute approximate surface area is 271 Å². The molecule has 240 valence electrons. The molecular formula is C40H46N2O4. The van der Waals surface area contributed by atoms with Crippen LogP contribution >= 0.6 is 0 Å². The van der Waals surface area contributed by atoms with E-state index in [1.54, 1.807) is 0 Å². The zero-order valence-electron chi connectivity index (χ0n) is 27.2. The van der Waals surface area contributed by atoms with Crippen molar-refractivity contribution in [2.24, 2.45) is 11.3 Å². The van der Waals surface area contributed by atoms with Gasteiger partial charge in [-0.05, 0) is 90.0 Å². The van der Waals surface area contributed by atoms with Gasteiger partial charge in [-0.3, -0.25) is 9.59 Å². The van der Waals surface area contributed by atoms with Gasteiger partial charge in [0, 0.05) is 47.0 Å². The first kappa shape index (κ1) is 31.8. The van der Waals surface area contributed by atoms with Gasteiger partial charge in [0.2, 0.25) is 0 Å². The van der Waals surface area contributed by atoms with Crippen molar-refractivity contribution in [1.82, 2.24) is 9.97 Å². The Morgan fingerprint density at radius 2 is 1.52 bits per heavy atom. The summed E-state index contributed by atoms with van der Waals surface area (Å²) in [5.41, 5.74) is 5.28. The number of carbonyl (C=O) groups excluding carboxylic acids is 2. The lowest BCUT2D eigenvalue weighted by molar-refractivity contribution is -0.159. The van der Waals surface area contributed by atoms with Crippen molar-refractivity contribution in [1.29, 1.82) is 0 Å². The molecule has 6 nitrogen and oxygen atoms in total. The summed E-state index contributed by atoms with van der Waals surface area (Å²) in [4.78, 5) is 32.4. The largest absolute Gasteiger partial charge is 0.393 e. The molecule has 0 bridgehead atoms. The van der Waals surface area contributed by atoms with E-state index in [-0.39, 0.29) is 35.5 Å². The molecule has 0 saturated heterocycles. The Bertz CT molecular complexity index is 1800. The van der Waals surface area contributed by atoms with E-state index in [2.05, 4.69) is 79.4 Å². The SMILES string of the molecule is CC(C)(c1ccccc1)[C@@H]1CC[C@@](C)(C(CCC(=O)OC(=O)CCCc2c[nH]c3ccccc23)c2c[nH]c3ccccc23)C[C@H]1O. The molecule has 3 aromatic carbocycles. The number of aromatic amines is 2. The van der Waals surface area contributed by atoms with E-state index in [1.165, 1.54) is 5.56 Å². The Hall–Kier alpha value is -4.16. The number of aliphatic hydroxyl groups is 1. The summed E-state index contributed by atoms with van der Waals surface area (Å²) < 4.78 is 5.32. The van der Waals surface area contributed by atoms with Gasteiger partial charge in [-0.1, -0.05) is 87.5 Å². The highest BCUT2D eigenvalue weighted by Gasteiger charge is 2.47. The van der Waals surface area contributed by atoms with Gasteiger partial charge < -0.3 is 19.8 Å². The molecule has 3 N–H and O–H groups in total. The molecule has 2 aromatic heterocycles. The molecular weight excluding hydrogens is 572 g/mol. The molecule has 0 spiro atoms. The Morgan fingerprint density at radius 1 is 0.891 bits per heavy atom. The number of rotatable bonds is 11. The zero-order valence-corrected chi connectivity index (χ0v) is 27.2. The van der Waals surface area contributed by atoms with Crippen LogP contribution in [0, 0.1) is 11.3 Å². The average Bonchev–Trinajstić information content (AvgIpc) is 3.66. The summed E-state index contributed by atoms with van der Waals surface area (Å²) >= 11 is 0. The van der Waals surface area contributed by atoms with Gasteiger partial charge in [-0.25, -0.2) is 0 Å². The van der Waals surface area contributed by atoms with Crippen molar-refractivity contribution >= 4 is 33.7 Å². The summed E-state index contributed by atoms with van der Waals surface area (Å²) in [5.74, 6) is -0.828. The van der Waals surface area contributed by atoms with Gasteiger partial charge in [-0.2, -0.15) is 0 Å². The van der Waals surface area contributed by atoms with Crippen LogP contribution in [0.25, 0.3) is 21.8 Å².